The molecule has 25 heavy (non-hydrogen) atoms. The largest absolute Gasteiger partial charge is 0.444 e. The number of rotatable bonds is 2. The first-order chi connectivity index (χ1) is 11.4. The number of carbonyl (C=O) groups excluding carboxylic acids is 1. The van der Waals surface area contributed by atoms with Crippen LogP contribution in [0.1, 0.15) is 26.5 Å². The van der Waals surface area contributed by atoms with Gasteiger partial charge >= 0.3 is 6.09 Å². The molecule has 1 aromatic heterocycles. The highest BCUT2D eigenvalue weighted by molar-refractivity contribution is 7.89. The van der Waals surface area contributed by atoms with Gasteiger partial charge in [-0.15, -0.1) is 0 Å². The van der Waals surface area contributed by atoms with Gasteiger partial charge in [0, 0.05) is 31.6 Å². The second-order valence-electron chi connectivity index (χ2n) is 7.83. The summed E-state index contributed by atoms with van der Waals surface area (Å²) in [6, 6.07) is 2.96. The summed E-state index contributed by atoms with van der Waals surface area (Å²) >= 11 is 5.79. The molecule has 0 aromatic carbocycles. The van der Waals surface area contributed by atoms with Crippen LogP contribution in [0, 0.1) is 12.3 Å². The van der Waals surface area contributed by atoms with Crippen molar-refractivity contribution >= 4 is 27.7 Å². The van der Waals surface area contributed by atoms with Crippen molar-refractivity contribution in [2.75, 3.05) is 26.2 Å². The van der Waals surface area contributed by atoms with Crippen LogP contribution in [0.3, 0.4) is 0 Å². The summed E-state index contributed by atoms with van der Waals surface area (Å²) in [5.74, 6) is 0. The minimum absolute atomic E-state index is 0.155. The molecular formula is C16H22ClN3O4S. The molecule has 7 nitrogen and oxygen atoms in total. The molecule has 0 atom stereocenters. The molecule has 1 spiro atoms. The van der Waals surface area contributed by atoms with E-state index in [-0.39, 0.29) is 21.6 Å². The maximum atomic E-state index is 12.7. The quantitative estimate of drug-likeness (QED) is 0.727. The first-order valence-corrected chi connectivity index (χ1v) is 9.85. The Hall–Kier alpha value is -1.38. The molecule has 2 aliphatic heterocycles. The van der Waals surface area contributed by atoms with Gasteiger partial charge in [0.25, 0.3) is 0 Å². The standard InChI is InChI=1S/C16H22ClN3O4S/c1-11-12(5-6-13(17)18-11)25(22,23)20-9-16(10-20)7-19(8-16)14(21)24-15(2,3)4/h5-6H,7-10H2,1-4H3. The van der Waals surface area contributed by atoms with E-state index in [9.17, 15) is 13.2 Å². The van der Waals surface area contributed by atoms with Gasteiger partial charge < -0.3 is 9.64 Å². The van der Waals surface area contributed by atoms with Crippen molar-refractivity contribution in [3.8, 4) is 0 Å². The van der Waals surface area contributed by atoms with Crippen LogP contribution in [0.25, 0.3) is 0 Å². The van der Waals surface area contributed by atoms with E-state index < -0.39 is 15.6 Å². The van der Waals surface area contributed by atoms with E-state index in [1.807, 2.05) is 20.8 Å². The minimum Gasteiger partial charge on any atom is -0.444 e. The monoisotopic (exact) mass is 387 g/mol. The van der Waals surface area contributed by atoms with Crippen LogP contribution in [-0.4, -0.2) is 60.5 Å². The molecule has 1 aromatic rings. The highest BCUT2D eigenvalue weighted by Crippen LogP contribution is 2.42. The van der Waals surface area contributed by atoms with Crippen LogP contribution in [0.4, 0.5) is 4.79 Å². The normalized spacial score (nSPS) is 20.1. The highest BCUT2D eigenvalue weighted by Gasteiger charge is 2.57. The smallest absolute Gasteiger partial charge is 0.410 e. The Kier molecular flexibility index (Phi) is 4.29. The number of hydrogen-bond donors (Lipinski definition) is 0. The predicted octanol–water partition coefficient (Wildman–Crippen LogP) is 2.28. The van der Waals surface area contributed by atoms with E-state index in [0.29, 0.717) is 31.9 Å². The average Bonchev–Trinajstić information content (AvgIpc) is 2.31. The Morgan fingerprint density at radius 2 is 1.84 bits per heavy atom. The van der Waals surface area contributed by atoms with Gasteiger partial charge in [0.15, 0.2) is 0 Å². The van der Waals surface area contributed by atoms with E-state index in [1.54, 1.807) is 11.8 Å². The molecule has 1 amide bonds. The lowest BCUT2D eigenvalue weighted by Gasteiger charge is -2.58. The number of sulfonamides is 1. The van der Waals surface area contributed by atoms with Crippen molar-refractivity contribution in [1.82, 2.24) is 14.2 Å². The van der Waals surface area contributed by atoms with Gasteiger partial charge in [-0.2, -0.15) is 4.31 Å². The first-order valence-electron chi connectivity index (χ1n) is 8.03. The van der Waals surface area contributed by atoms with Crippen LogP contribution >= 0.6 is 11.6 Å². The summed E-state index contributed by atoms with van der Waals surface area (Å²) in [5, 5.41) is 0.267. The number of ether oxygens (including phenoxy) is 1. The second kappa shape index (κ2) is 5.82. The fourth-order valence-electron chi connectivity index (χ4n) is 3.22. The van der Waals surface area contributed by atoms with Crippen LogP contribution < -0.4 is 0 Å². The summed E-state index contributed by atoms with van der Waals surface area (Å²) in [7, 11) is -3.59. The molecule has 0 aliphatic carbocycles. The molecule has 3 rings (SSSR count). The number of aromatic nitrogens is 1. The molecule has 0 unspecified atom stereocenters. The van der Waals surface area contributed by atoms with Crippen molar-refractivity contribution in [2.45, 2.75) is 38.2 Å². The summed E-state index contributed by atoms with van der Waals surface area (Å²) in [5.41, 5.74) is -0.302. The Labute approximate surface area is 153 Å². The predicted molar refractivity (Wildman–Crippen MR) is 93.0 cm³/mol. The molecule has 2 saturated heterocycles. The number of nitrogens with zero attached hydrogens (tertiary/aromatic N) is 3. The number of carbonyl (C=O) groups is 1. The SMILES string of the molecule is Cc1nc(Cl)ccc1S(=O)(=O)N1CC2(CN(C(=O)OC(C)(C)C)C2)C1. The van der Waals surface area contributed by atoms with E-state index in [2.05, 4.69) is 4.98 Å². The summed E-state index contributed by atoms with van der Waals surface area (Å²) < 4.78 is 32.2. The first kappa shape index (κ1) is 18.4. The number of halogens is 1. The zero-order chi connectivity index (χ0) is 18.6. The van der Waals surface area contributed by atoms with Gasteiger partial charge in [-0.25, -0.2) is 18.2 Å². The lowest BCUT2D eigenvalue weighted by molar-refractivity contribution is -0.0839. The Morgan fingerprint density at radius 1 is 1.24 bits per heavy atom. The Bertz CT molecular complexity index is 805. The molecule has 9 heteroatoms. The van der Waals surface area contributed by atoms with Crippen molar-refractivity contribution in [3.63, 3.8) is 0 Å². The van der Waals surface area contributed by atoms with Crippen LogP contribution in [-0.2, 0) is 14.8 Å². The van der Waals surface area contributed by atoms with Crippen molar-refractivity contribution < 1.29 is 17.9 Å². The lowest BCUT2D eigenvalue weighted by atomic mass is 9.75. The van der Waals surface area contributed by atoms with Crippen LogP contribution in [0.5, 0.6) is 0 Å². The fourth-order valence-corrected chi connectivity index (χ4v) is 5.23. The van der Waals surface area contributed by atoms with Crippen LogP contribution in [0.2, 0.25) is 5.15 Å². The number of amides is 1. The Balaban J connectivity index is 1.61. The molecule has 138 valence electrons. The maximum Gasteiger partial charge on any atom is 0.410 e. The van der Waals surface area contributed by atoms with Gasteiger partial charge in [-0.1, -0.05) is 11.6 Å². The number of aryl methyl sites for hydroxylation is 1. The molecule has 2 fully saturated rings. The zero-order valence-corrected chi connectivity index (χ0v) is 16.3. The van der Waals surface area contributed by atoms with E-state index in [4.69, 9.17) is 16.3 Å². The molecule has 0 radical (unpaired) electrons. The van der Waals surface area contributed by atoms with Gasteiger partial charge in [0.05, 0.1) is 5.69 Å². The average molecular weight is 388 g/mol. The summed E-state index contributed by atoms with van der Waals surface area (Å²) in [6.07, 6.45) is -0.350. The van der Waals surface area contributed by atoms with Crippen molar-refractivity contribution in [2.24, 2.45) is 5.41 Å². The molecule has 2 aliphatic rings. The Morgan fingerprint density at radius 3 is 2.36 bits per heavy atom. The third kappa shape index (κ3) is 3.47. The third-order valence-electron chi connectivity index (χ3n) is 4.35. The van der Waals surface area contributed by atoms with Gasteiger partial charge in [-0.05, 0) is 39.8 Å². The van der Waals surface area contributed by atoms with Crippen molar-refractivity contribution in [3.05, 3.63) is 23.0 Å². The third-order valence-corrected chi connectivity index (χ3v) is 6.48. The topological polar surface area (TPSA) is 79.8 Å². The molecule has 0 N–H and O–H groups in total. The van der Waals surface area contributed by atoms with E-state index >= 15 is 0 Å². The van der Waals surface area contributed by atoms with Gasteiger partial charge in [0.2, 0.25) is 10.0 Å². The number of pyridine rings is 1. The second-order valence-corrected chi connectivity index (χ2v) is 10.1. The number of hydrogen-bond acceptors (Lipinski definition) is 5. The molecular weight excluding hydrogens is 366 g/mol. The van der Waals surface area contributed by atoms with Gasteiger partial charge in [-0.3, -0.25) is 0 Å². The lowest BCUT2D eigenvalue weighted by Crippen LogP contribution is -2.73. The zero-order valence-electron chi connectivity index (χ0n) is 14.7. The number of likely N-dealkylation sites (tertiary alicyclic amines) is 1. The maximum absolute atomic E-state index is 12.7. The summed E-state index contributed by atoms with van der Waals surface area (Å²) in [4.78, 5) is 17.8. The fraction of sp³-hybridized carbons (Fsp3) is 0.625. The highest BCUT2D eigenvalue weighted by atomic mass is 35.5. The minimum atomic E-state index is -3.59. The van der Waals surface area contributed by atoms with Crippen molar-refractivity contribution in [1.29, 1.82) is 0 Å². The van der Waals surface area contributed by atoms with Gasteiger partial charge in [0.1, 0.15) is 15.6 Å². The van der Waals surface area contributed by atoms with E-state index in [0.717, 1.165) is 0 Å². The van der Waals surface area contributed by atoms with Crippen LogP contribution in [0.15, 0.2) is 17.0 Å². The molecule has 3 heterocycles. The molecule has 0 bridgehead atoms. The van der Waals surface area contributed by atoms with E-state index in [1.165, 1.54) is 16.4 Å². The molecule has 0 saturated carbocycles. The summed E-state index contributed by atoms with van der Waals surface area (Å²) in [6.45, 7) is 8.93.